The van der Waals surface area contributed by atoms with Gasteiger partial charge in [0.05, 0.1) is 50.8 Å². The molecular formula is C23H34N2O4. The van der Waals surface area contributed by atoms with Gasteiger partial charge >= 0.3 is 0 Å². The third-order valence-corrected chi connectivity index (χ3v) is 6.51. The normalized spacial score (nSPS) is 29.6. The molecule has 0 N–H and O–H groups in total. The smallest absolute Gasteiger partial charge is 0.0936 e. The van der Waals surface area contributed by atoms with Crippen molar-refractivity contribution in [1.29, 1.82) is 0 Å². The zero-order chi connectivity index (χ0) is 20.0. The summed E-state index contributed by atoms with van der Waals surface area (Å²) in [6, 6.07) is 2.37. The molecular weight excluding hydrogens is 368 g/mol. The van der Waals surface area contributed by atoms with E-state index in [2.05, 4.69) is 36.6 Å². The van der Waals surface area contributed by atoms with Gasteiger partial charge in [0.1, 0.15) is 0 Å². The summed E-state index contributed by atoms with van der Waals surface area (Å²) < 4.78 is 22.0. The van der Waals surface area contributed by atoms with Crippen LogP contribution in [0.15, 0.2) is 6.07 Å². The molecule has 4 fully saturated rings. The summed E-state index contributed by atoms with van der Waals surface area (Å²) >= 11 is 0. The molecule has 0 amide bonds. The van der Waals surface area contributed by atoms with Crippen LogP contribution < -0.4 is 0 Å². The van der Waals surface area contributed by atoms with E-state index in [1.165, 1.54) is 27.8 Å². The predicted octanol–water partition coefficient (Wildman–Crippen LogP) is 1.81. The molecule has 4 heterocycles. The predicted molar refractivity (Wildman–Crippen MR) is 110 cm³/mol. The van der Waals surface area contributed by atoms with Crippen LogP contribution in [-0.4, -0.2) is 86.8 Å². The number of nitrogens with zero attached hydrogens (tertiary/aromatic N) is 2. The fraction of sp³-hybridized carbons (Fsp3) is 0.739. The van der Waals surface area contributed by atoms with Gasteiger partial charge in [-0.1, -0.05) is 6.07 Å². The van der Waals surface area contributed by atoms with E-state index in [-0.39, 0.29) is 0 Å². The summed E-state index contributed by atoms with van der Waals surface area (Å²) in [5.41, 5.74) is 7.17. The second-order valence-corrected chi connectivity index (χ2v) is 9.30. The lowest BCUT2D eigenvalue weighted by Gasteiger charge is -2.27. The van der Waals surface area contributed by atoms with Crippen LogP contribution in [0.3, 0.4) is 0 Å². The second kappa shape index (κ2) is 8.25. The lowest BCUT2D eigenvalue weighted by Crippen LogP contribution is -2.33. The zero-order valence-corrected chi connectivity index (χ0v) is 18.0. The van der Waals surface area contributed by atoms with Gasteiger partial charge in [-0.25, -0.2) is 0 Å². The highest BCUT2D eigenvalue weighted by Gasteiger charge is 2.33. The van der Waals surface area contributed by atoms with Gasteiger partial charge in [-0.3, -0.25) is 9.80 Å². The fourth-order valence-electron chi connectivity index (χ4n) is 4.46. The summed E-state index contributed by atoms with van der Waals surface area (Å²) in [5.74, 6) is 0. The summed E-state index contributed by atoms with van der Waals surface area (Å²) in [5, 5.41) is 0. The van der Waals surface area contributed by atoms with Gasteiger partial charge in [0, 0.05) is 39.3 Å². The van der Waals surface area contributed by atoms with Crippen molar-refractivity contribution in [3.05, 3.63) is 33.9 Å². The van der Waals surface area contributed by atoms with E-state index >= 15 is 0 Å². The van der Waals surface area contributed by atoms with Gasteiger partial charge in [-0.15, -0.1) is 0 Å². The van der Waals surface area contributed by atoms with Crippen molar-refractivity contribution in [2.75, 3.05) is 52.6 Å². The number of epoxide rings is 4. The van der Waals surface area contributed by atoms with Crippen molar-refractivity contribution >= 4 is 0 Å². The summed E-state index contributed by atoms with van der Waals surface area (Å²) in [6.07, 6.45) is 1.64. The molecule has 4 unspecified atom stereocenters. The van der Waals surface area contributed by atoms with Crippen LogP contribution in [-0.2, 0) is 32.0 Å². The molecule has 6 heteroatoms. The van der Waals surface area contributed by atoms with Crippen molar-refractivity contribution < 1.29 is 18.9 Å². The maximum absolute atomic E-state index is 5.51. The molecule has 0 radical (unpaired) electrons. The highest BCUT2D eigenvalue weighted by molar-refractivity contribution is 5.44. The first-order valence-corrected chi connectivity index (χ1v) is 11.0. The minimum Gasteiger partial charge on any atom is -0.372 e. The van der Waals surface area contributed by atoms with E-state index in [0.717, 1.165) is 65.7 Å². The van der Waals surface area contributed by atoms with E-state index in [1.54, 1.807) is 0 Å². The van der Waals surface area contributed by atoms with Gasteiger partial charge < -0.3 is 18.9 Å². The van der Waals surface area contributed by atoms with Gasteiger partial charge in [-0.05, 0) is 48.6 Å². The van der Waals surface area contributed by atoms with E-state index in [0.29, 0.717) is 24.4 Å². The fourth-order valence-corrected chi connectivity index (χ4v) is 4.46. The molecule has 4 saturated heterocycles. The van der Waals surface area contributed by atoms with Crippen LogP contribution in [0.1, 0.15) is 27.8 Å². The lowest BCUT2D eigenvalue weighted by atomic mass is 9.92. The molecule has 0 aromatic heterocycles. The number of aryl methyl sites for hydroxylation is 2. The van der Waals surface area contributed by atoms with Crippen LogP contribution in [0.2, 0.25) is 0 Å². The highest BCUT2D eigenvalue weighted by Crippen LogP contribution is 2.28. The Hall–Kier alpha value is -1.02. The molecule has 5 rings (SSSR count). The number of ether oxygens (including phenoxy) is 4. The Kier molecular flexibility index (Phi) is 5.67. The Morgan fingerprint density at radius 3 is 1.24 bits per heavy atom. The van der Waals surface area contributed by atoms with Gasteiger partial charge in [0.25, 0.3) is 0 Å². The highest BCUT2D eigenvalue weighted by atomic mass is 16.6. The van der Waals surface area contributed by atoms with Gasteiger partial charge in [0.2, 0.25) is 0 Å². The molecule has 4 atom stereocenters. The Bertz CT molecular complexity index is 653. The quantitative estimate of drug-likeness (QED) is 0.497. The third kappa shape index (κ3) is 5.57. The molecule has 0 saturated carbocycles. The molecule has 4 aliphatic rings. The minimum absolute atomic E-state index is 0.409. The molecule has 29 heavy (non-hydrogen) atoms. The monoisotopic (exact) mass is 402 g/mol. The Morgan fingerprint density at radius 2 is 0.966 bits per heavy atom. The molecule has 4 aliphatic heterocycles. The molecule has 1 aromatic carbocycles. The van der Waals surface area contributed by atoms with E-state index in [4.69, 9.17) is 18.9 Å². The first kappa shape index (κ1) is 19.9. The van der Waals surface area contributed by atoms with Crippen molar-refractivity contribution in [2.45, 2.75) is 58.3 Å². The molecule has 0 spiro atoms. The van der Waals surface area contributed by atoms with Crippen LogP contribution in [0, 0.1) is 20.8 Å². The maximum Gasteiger partial charge on any atom is 0.0936 e. The number of hydrogen-bond donors (Lipinski definition) is 0. The van der Waals surface area contributed by atoms with Crippen LogP contribution >= 0.6 is 0 Å². The van der Waals surface area contributed by atoms with Gasteiger partial charge in [-0.2, -0.15) is 0 Å². The van der Waals surface area contributed by atoms with Gasteiger partial charge in [0.15, 0.2) is 0 Å². The molecule has 0 aliphatic carbocycles. The largest absolute Gasteiger partial charge is 0.372 e. The average Bonchev–Trinajstić information content (AvgIpc) is 3.52. The standard InChI is InChI=1S/C23H34N2O4/c1-15-4-16(2)23(10-25(7-20-13-28-20)8-21-14-29-21)17(3)22(15)9-24(5-18-11-26-18)6-19-12-27-19/h4,18-21H,5-14H2,1-3H3. The Labute approximate surface area is 174 Å². The number of benzene rings is 1. The lowest BCUT2D eigenvalue weighted by molar-refractivity contribution is 0.209. The van der Waals surface area contributed by atoms with E-state index < -0.39 is 0 Å². The summed E-state index contributed by atoms with van der Waals surface area (Å²) in [6.45, 7) is 16.4. The molecule has 0 bridgehead atoms. The second-order valence-electron chi connectivity index (χ2n) is 9.30. The van der Waals surface area contributed by atoms with Crippen LogP contribution in [0.25, 0.3) is 0 Å². The SMILES string of the molecule is Cc1cc(C)c(CN(CC2CO2)CC2CO2)c(C)c1CN(CC1CO1)CC1CO1. The van der Waals surface area contributed by atoms with Crippen molar-refractivity contribution in [2.24, 2.45) is 0 Å². The topological polar surface area (TPSA) is 56.6 Å². The first-order valence-electron chi connectivity index (χ1n) is 11.0. The average molecular weight is 403 g/mol. The van der Waals surface area contributed by atoms with E-state index in [9.17, 15) is 0 Å². The van der Waals surface area contributed by atoms with Crippen molar-refractivity contribution in [3.8, 4) is 0 Å². The Morgan fingerprint density at radius 1 is 0.655 bits per heavy atom. The van der Waals surface area contributed by atoms with Crippen LogP contribution in [0.5, 0.6) is 0 Å². The minimum atomic E-state index is 0.409. The van der Waals surface area contributed by atoms with Crippen molar-refractivity contribution in [1.82, 2.24) is 9.80 Å². The number of rotatable bonds is 12. The summed E-state index contributed by atoms with van der Waals surface area (Å²) in [7, 11) is 0. The van der Waals surface area contributed by atoms with Crippen molar-refractivity contribution in [3.63, 3.8) is 0 Å². The summed E-state index contributed by atoms with van der Waals surface area (Å²) in [4.78, 5) is 5.05. The molecule has 1 aromatic rings. The number of hydrogen-bond acceptors (Lipinski definition) is 6. The van der Waals surface area contributed by atoms with E-state index in [1.807, 2.05) is 0 Å². The molecule has 6 nitrogen and oxygen atoms in total. The zero-order valence-electron chi connectivity index (χ0n) is 18.0. The maximum atomic E-state index is 5.51. The third-order valence-electron chi connectivity index (χ3n) is 6.51. The first-order chi connectivity index (χ1) is 14.0. The Balaban J connectivity index is 1.33. The van der Waals surface area contributed by atoms with Crippen LogP contribution in [0.4, 0.5) is 0 Å². The molecule has 160 valence electrons.